The van der Waals surface area contributed by atoms with Crippen molar-refractivity contribution in [3.05, 3.63) is 22.4 Å². The number of fused-ring (bicyclic) bond motifs is 1. The lowest BCUT2D eigenvalue weighted by Gasteiger charge is -2.04. The molecule has 74 valence electrons. The number of halogens is 1. The van der Waals surface area contributed by atoms with E-state index in [4.69, 9.17) is 0 Å². The molecular formula is C10H12BrN3. The minimum atomic E-state index is 0.437. The fourth-order valence-corrected chi connectivity index (χ4v) is 2.02. The van der Waals surface area contributed by atoms with Crippen LogP contribution >= 0.6 is 15.9 Å². The third kappa shape index (κ3) is 1.43. The fraction of sp³-hybridized carbons (Fsp3) is 0.400. The summed E-state index contributed by atoms with van der Waals surface area (Å²) in [6.07, 6.45) is 0. The van der Waals surface area contributed by atoms with E-state index in [2.05, 4.69) is 39.9 Å². The van der Waals surface area contributed by atoms with Gasteiger partial charge in [-0.25, -0.2) is 4.98 Å². The molecule has 0 saturated heterocycles. The summed E-state index contributed by atoms with van der Waals surface area (Å²) in [6, 6.07) is 3.90. The zero-order chi connectivity index (χ0) is 10.3. The Bertz CT molecular complexity index is 473. The van der Waals surface area contributed by atoms with Crippen molar-refractivity contribution in [2.45, 2.75) is 19.8 Å². The molecular weight excluding hydrogens is 242 g/mol. The molecule has 0 radical (unpaired) electrons. The molecule has 0 bridgehead atoms. The van der Waals surface area contributed by atoms with E-state index in [0.717, 1.165) is 15.6 Å². The van der Waals surface area contributed by atoms with E-state index in [1.807, 2.05) is 23.9 Å². The quantitative estimate of drug-likeness (QED) is 0.732. The van der Waals surface area contributed by atoms with Gasteiger partial charge in [0.15, 0.2) is 0 Å². The van der Waals surface area contributed by atoms with Crippen LogP contribution in [0.5, 0.6) is 0 Å². The number of nitrogens with zero attached hydrogens (tertiary/aromatic N) is 3. The fourth-order valence-electron chi connectivity index (χ4n) is 1.71. The summed E-state index contributed by atoms with van der Waals surface area (Å²) in [5.41, 5.74) is 3.14. The number of hydrogen-bond donors (Lipinski definition) is 0. The first-order chi connectivity index (χ1) is 6.59. The van der Waals surface area contributed by atoms with Crippen LogP contribution in [0.1, 0.15) is 25.5 Å². The summed E-state index contributed by atoms with van der Waals surface area (Å²) in [5.74, 6) is 0.437. The standard InChI is InChI=1S/C10H12BrN3/c1-6(2)10-9-7(13-14(10)3)4-5-8(11)12-9/h4-6H,1-3H3. The summed E-state index contributed by atoms with van der Waals surface area (Å²) in [4.78, 5) is 4.45. The van der Waals surface area contributed by atoms with Gasteiger partial charge in [0.1, 0.15) is 15.6 Å². The average Bonchev–Trinajstić information content (AvgIpc) is 2.40. The topological polar surface area (TPSA) is 30.7 Å². The zero-order valence-electron chi connectivity index (χ0n) is 8.45. The van der Waals surface area contributed by atoms with E-state index < -0.39 is 0 Å². The molecule has 2 rings (SSSR count). The Labute approximate surface area is 91.3 Å². The van der Waals surface area contributed by atoms with Crippen molar-refractivity contribution in [1.82, 2.24) is 14.8 Å². The van der Waals surface area contributed by atoms with E-state index in [9.17, 15) is 0 Å². The van der Waals surface area contributed by atoms with Crippen LogP contribution in [-0.4, -0.2) is 14.8 Å². The zero-order valence-corrected chi connectivity index (χ0v) is 10.0. The van der Waals surface area contributed by atoms with Crippen molar-refractivity contribution < 1.29 is 0 Å². The first-order valence-electron chi connectivity index (χ1n) is 4.58. The molecule has 2 aromatic heterocycles. The van der Waals surface area contributed by atoms with Crippen molar-refractivity contribution in [2.24, 2.45) is 7.05 Å². The van der Waals surface area contributed by atoms with E-state index >= 15 is 0 Å². The highest BCUT2D eigenvalue weighted by Crippen LogP contribution is 2.24. The Hall–Kier alpha value is -0.900. The SMILES string of the molecule is CC(C)c1c2nc(Br)ccc2nn1C. The Morgan fingerprint density at radius 2 is 2.07 bits per heavy atom. The molecule has 0 aromatic carbocycles. The molecule has 0 N–H and O–H groups in total. The van der Waals surface area contributed by atoms with Crippen LogP contribution in [0.25, 0.3) is 11.0 Å². The summed E-state index contributed by atoms with van der Waals surface area (Å²) < 4.78 is 2.77. The van der Waals surface area contributed by atoms with Crippen LogP contribution in [0, 0.1) is 0 Å². The third-order valence-corrected chi connectivity index (χ3v) is 2.68. The van der Waals surface area contributed by atoms with Crippen LogP contribution < -0.4 is 0 Å². The molecule has 3 nitrogen and oxygen atoms in total. The predicted molar refractivity (Wildman–Crippen MR) is 60.3 cm³/mol. The first kappa shape index (κ1) is 9.65. The van der Waals surface area contributed by atoms with Crippen molar-refractivity contribution in [2.75, 3.05) is 0 Å². The normalized spacial score (nSPS) is 11.5. The van der Waals surface area contributed by atoms with Gasteiger partial charge < -0.3 is 0 Å². The van der Waals surface area contributed by atoms with Gasteiger partial charge in [-0.15, -0.1) is 0 Å². The molecule has 0 spiro atoms. The lowest BCUT2D eigenvalue weighted by Crippen LogP contribution is -2.00. The monoisotopic (exact) mass is 253 g/mol. The van der Waals surface area contributed by atoms with Gasteiger partial charge in [0.05, 0.1) is 5.69 Å². The number of aromatic nitrogens is 3. The number of rotatable bonds is 1. The molecule has 0 fully saturated rings. The molecule has 4 heteroatoms. The molecule has 0 aliphatic heterocycles. The van der Waals surface area contributed by atoms with Crippen molar-refractivity contribution in [3.63, 3.8) is 0 Å². The molecule has 0 aliphatic carbocycles. The molecule has 0 unspecified atom stereocenters. The number of pyridine rings is 1. The summed E-state index contributed by atoms with van der Waals surface area (Å²) in [6.45, 7) is 4.30. The van der Waals surface area contributed by atoms with Gasteiger partial charge in [-0.3, -0.25) is 4.68 Å². The first-order valence-corrected chi connectivity index (χ1v) is 5.38. The Kier molecular flexibility index (Phi) is 2.31. The second-order valence-electron chi connectivity index (χ2n) is 3.67. The van der Waals surface area contributed by atoms with Crippen molar-refractivity contribution >= 4 is 27.0 Å². The van der Waals surface area contributed by atoms with Gasteiger partial charge in [0.2, 0.25) is 0 Å². The molecule has 2 aromatic rings. The molecule has 2 heterocycles. The minimum Gasteiger partial charge on any atom is -0.270 e. The largest absolute Gasteiger partial charge is 0.270 e. The lowest BCUT2D eigenvalue weighted by molar-refractivity contribution is 0.676. The maximum absolute atomic E-state index is 4.45. The number of aryl methyl sites for hydroxylation is 1. The van der Waals surface area contributed by atoms with Gasteiger partial charge >= 0.3 is 0 Å². The minimum absolute atomic E-state index is 0.437. The maximum atomic E-state index is 4.45. The summed E-state index contributed by atoms with van der Waals surface area (Å²) in [5, 5.41) is 4.41. The van der Waals surface area contributed by atoms with Crippen LogP contribution in [-0.2, 0) is 7.05 Å². The maximum Gasteiger partial charge on any atom is 0.113 e. The van der Waals surface area contributed by atoms with Gasteiger partial charge in [-0.1, -0.05) is 13.8 Å². The van der Waals surface area contributed by atoms with Crippen LogP contribution in [0.2, 0.25) is 0 Å². The van der Waals surface area contributed by atoms with Crippen molar-refractivity contribution in [1.29, 1.82) is 0 Å². The highest BCUT2D eigenvalue weighted by atomic mass is 79.9. The molecule has 0 aliphatic rings. The van der Waals surface area contributed by atoms with Crippen LogP contribution in [0.4, 0.5) is 0 Å². The lowest BCUT2D eigenvalue weighted by atomic mass is 10.1. The second kappa shape index (κ2) is 3.35. The second-order valence-corrected chi connectivity index (χ2v) is 4.48. The van der Waals surface area contributed by atoms with Gasteiger partial charge in [0.25, 0.3) is 0 Å². The Morgan fingerprint density at radius 3 is 2.71 bits per heavy atom. The van der Waals surface area contributed by atoms with Crippen LogP contribution in [0.3, 0.4) is 0 Å². The summed E-state index contributed by atoms with van der Waals surface area (Å²) in [7, 11) is 1.96. The smallest absolute Gasteiger partial charge is 0.113 e. The molecule has 0 atom stereocenters. The highest BCUT2D eigenvalue weighted by molar-refractivity contribution is 9.10. The van der Waals surface area contributed by atoms with Crippen molar-refractivity contribution in [3.8, 4) is 0 Å². The molecule has 14 heavy (non-hydrogen) atoms. The van der Waals surface area contributed by atoms with E-state index in [-0.39, 0.29) is 0 Å². The summed E-state index contributed by atoms with van der Waals surface area (Å²) >= 11 is 3.38. The van der Waals surface area contributed by atoms with Gasteiger partial charge in [-0.2, -0.15) is 5.10 Å². The van der Waals surface area contributed by atoms with Gasteiger partial charge in [-0.05, 0) is 34.0 Å². The average molecular weight is 254 g/mol. The molecule has 0 saturated carbocycles. The molecule has 0 amide bonds. The van der Waals surface area contributed by atoms with Gasteiger partial charge in [0, 0.05) is 7.05 Å². The predicted octanol–water partition coefficient (Wildman–Crippen LogP) is 2.85. The highest BCUT2D eigenvalue weighted by Gasteiger charge is 2.13. The third-order valence-electron chi connectivity index (χ3n) is 2.24. The number of hydrogen-bond acceptors (Lipinski definition) is 2. The van der Waals surface area contributed by atoms with E-state index in [1.165, 1.54) is 5.69 Å². The Balaban J connectivity index is 2.79. The van der Waals surface area contributed by atoms with E-state index in [0.29, 0.717) is 5.92 Å². The Morgan fingerprint density at radius 1 is 1.36 bits per heavy atom. The van der Waals surface area contributed by atoms with E-state index in [1.54, 1.807) is 0 Å². The van der Waals surface area contributed by atoms with Crippen LogP contribution in [0.15, 0.2) is 16.7 Å².